The maximum Gasteiger partial charge on any atom is 0.410 e. The van der Waals surface area contributed by atoms with E-state index in [0.29, 0.717) is 13.1 Å². The molecule has 2 aromatic rings. The lowest BCUT2D eigenvalue weighted by molar-refractivity contribution is 0.0181. The lowest BCUT2D eigenvalue weighted by atomic mass is 9.71. The first kappa shape index (κ1) is 19.0. The number of ether oxygens (including phenoxy) is 1. The number of rotatable bonds is 0. The maximum absolute atomic E-state index is 12.5. The summed E-state index contributed by atoms with van der Waals surface area (Å²) < 4.78 is 7.78. The Morgan fingerprint density at radius 2 is 1.44 bits per heavy atom. The minimum absolute atomic E-state index is 0.0449. The quantitative estimate of drug-likeness (QED) is 0.419. The highest BCUT2D eigenvalue weighted by Crippen LogP contribution is 2.55. The number of halogens is 2. The third-order valence-electron chi connectivity index (χ3n) is 5.55. The van der Waals surface area contributed by atoms with Crippen LogP contribution in [0.2, 0.25) is 0 Å². The molecule has 5 heteroatoms. The molecule has 1 aliphatic heterocycles. The summed E-state index contributed by atoms with van der Waals surface area (Å²) in [6.45, 7) is 7.14. The van der Waals surface area contributed by atoms with Crippen LogP contribution in [0, 0.1) is 0 Å². The van der Waals surface area contributed by atoms with E-state index in [1.807, 2.05) is 25.7 Å². The van der Waals surface area contributed by atoms with Gasteiger partial charge in [0, 0.05) is 27.4 Å². The molecule has 0 bridgehead atoms. The number of hydrogen-bond acceptors (Lipinski definition) is 2. The Morgan fingerprint density at radius 1 is 0.963 bits per heavy atom. The summed E-state index contributed by atoms with van der Waals surface area (Å²) in [7, 11) is 0. The highest BCUT2D eigenvalue weighted by Gasteiger charge is 2.46. The van der Waals surface area contributed by atoms with Crippen molar-refractivity contribution in [2.45, 2.75) is 44.6 Å². The molecule has 2 aromatic carbocycles. The normalized spacial score (nSPS) is 17.6. The van der Waals surface area contributed by atoms with Crippen LogP contribution >= 0.6 is 31.9 Å². The van der Waals surface area contributed by atoms with Gasteiger partial charge in [-0.2, -0.15) is 0 Å². The highest BCUT2D eigenvalue weighted by molar-refractivity contribution is 9.10. The van der Waals surface area contributed by atoms with E-state index in [4.69, 9.17) is 4.74 Å². The average Bonchev–Trinajstić information content (AvgIpc) is 2.83. The van der Waals surface area contributed by atoms with Gasteiger partial charge in [-0.05, 0) is 80.1 Å². The third-order valence-corrected chi connectivity index (χ3v) is 6.54. The molecule has 0 unspecified atom stereocenters. The Morgan fingerprint density at radius 3 is 1.89 bits per heavy atom. The van der Waals surface area contributed by atoms with Crippen LogP contribution in [0.1, 0.15) is 44.7 Å². The molecule has 1 saturated heterocycles. The third kappa shape index (κ3) is 3.33. The number of piperidine rings is 1. The molecule has 0 aromatic heterocycles. The van der Waals surface area contributed by atoms with Crippen LogP contribution in [0.15, 0.2) is 45.3 Å². The molecule has 142 valence electrons. The minimum Gasteiger partial charge on any atom is -0.444 e. The molecule has 3 nitrogen and oxygen atoms in total. The summed E-state index contributed by atoms with van der Waals surface area (Å²) >= 11 is 7.30. The summed E-state index contributed by atoms with van der Waals surface area (Å²) in [5.74, 6) is 0. The number of fused-ring (bicyclic) bond motifs is 5. The van der Waals surface area contributed by atoms with Crippen molar-refractivity contribution in [3.8, 4) is 11.1 Å². The standard InChI is InChI=1S/C22H23Br2NO2/c1-21(2,3)27-20(26)25-10-8-22(9-11-25)18-12-14(23)4-6-16(18)17-7-5-15(24)13-19(17)22/h4-7,12-13H,8-11H2,1-3H3. The van der Waals surface area contributed by atoms with Gasteiger partial charge in [-0.15, -0.1) is 0 Å². The van der Waals surface area contributed by atoms with Gasteiger partial charge in [0.25, 0.3) is 0 Å². The van der Waals surface area contributed by atoms with Crippen molar-refractivity contribution in [3.05, 3.63) is 56.5 Å². The van der Waals surface area contributed by atoms with E-state index >= 15 is 0 Å². The minimum atomic E-state index is -0.464. The predicted octanol–water partition coefficient (Wildman–Crippen LogP) is 6.51. The number of carbonyl (C=O) groups is 1. The average molecular weight is 493 g/mol. The van der Waals surface area contributed by atoms with Crippen molar-refractivity contribution >= 4 is 38.0 Å². The molecule has 0 N–H and O–H groups in total. The predicted molar refractivity (Wildman–Crippen MR) is 115 cm³/mol. The van der Waals surface area contributed by atoms with Gasteiger partial charge in [0.1, 0.15) is 5.60 Å². The van der Waals surface area contributed by atoms with E-state index in [1.165, 1.54) is 22.3 Å². The zero-order valence-corrected chi connectivity index (χ0v) is 19.0. The first-order chi connectivity index (χ1) is 12.7. The van der Waals surface area contributed by atoms with Crippen LogP contribution in [0.5, 0.6) is 0 Å². The van der Waals surface area contributed by atoms with Crippen molar-refractivity contribution in [1.82, 2.24) is 4.90 Å². The van der Waals surface area contributed by atoms with E-state index in [9.17, 15) is 4.79 Å². The van der Waals surface area contributed by atoms with Crippen molar-refractivity contribution in [3.63, 3.8) is 0 Å². The molecule has 1 heterocycles. The van der Waals surface area contributed by atoms with Crippen molar-refractivity contribution < 1.29 is 9.53 Å². The topological polar surface area (TPSA) is 29.5 Å². The fourth-order valence-corrected chi connectivity index (χ4v) is 5.10. The van der Waals surface area contributed by atoms with Gasteiger partial charge in [-0.1, -0.05) is 44.0 Å². The van der Waals surface area contributed by atoms with E-state index in [-0.39, 0.29) is 11.5 Å². The van der Waals surface area contributed by atoms with Crippen LogP contribution in [-0.2, 0) is 10.2 Å². The van der Waals surface area contributed by atoms with Gasteiger partial charge >= 0.3 is 6.09 Å². The molecule has 1 aliphatic carbocycles. The van der Waals surface area contributed by atoms with E-state index in [0.717, 1.165) is 21.8 Å². The SMILES string of the molecule is CC(C)(C)OC(=O)N1CCC2(CC1)c1cc(Br)ccc1-c1ccc(Br)cc12. The number of hydrogen-bond donors (Lipinski definition) is 0. The van der Waals surface area contributed by atoms with Crippen molar-refractivity contribution in [2.24, 2.45) is 0 Å². The second-order valence-corrected chi connectivity index (χ2v) is 10.3. The van der Waals surface area contributed by atoms with Gasteiger partial charge in [0.05, 0.1) is 0 Å². The van der Waals surface area contributed by atoms with E-state index < -0.39 is 5.60 Å². The van der Waals surface area contributed by atoms with Crippen LogP contribution in [-0.4, -0.2) is 29.7 Å². The zero-order chi connectivity index (χ0) is 19.4. The Hall–Kier alpha value is -1.33. The fraction of sp³-hybridized carbons (Fsp3) is 0.409. The Labute approximate surface area is 177 Å². The Kier molecular flexibility index (Phi) is 4.66. The molecular formula is C22H23Br2NO2. The molecule has 1 amide bonds. The highest BCUT2D eigenvalue weighted by atomic mass is 79.9. The molecule has 4 rings (SSSR count). The van der Waals surface area contributed by atoms with E-state index in [2.05, 4.69) is 68.3 Å². The molecule has 0 atom stereocenters. The number of nitrogens with zero attached hydrogens (tertiary/aromatic N) is 1. The molecular weight excluding hydrogens is 470 g/mol. The monoisotopic (exact) mass is 491 g/mol. The summed E-state index contributed by atoms with van der Waals surface area (Å²) in [6.07, 6.45) is 1.59. The summed E-state index contributed by atoms with van der Waals surface area (Å²) in [5.41, 5.74) is 4.85. The first-order valence-electron chi connectivity index (χ1n) is 9.28. The van der Waals surface area contributed by atoms with Crippen LogP contribution in [0.25, 0.3) is 11.1 Å². The smallest absolute Gasteiger partial charge is 0.410 e. The van der Waals surface area contributed by atoms with Gasteiger partial charge in [0.2, 0.25) is 0 Å². The molecule has 1 spiro atoms. The molecule has 2 aliphatic rings. The van der Waals surface area contributed by atoms with Crippen LogP contribution in [0.3, 0.4) is 0 Å². The maximum atomic E-state index is 12.5. The van der Waals surface area contributed by atoms with Crippen LogP contribution in [0.4, 0.5) is 4.79 Å². The van der Waals surface area contributed by atoms with E-state index in [1.54, 1.807) is 0 Å². The Balaban J connectivity index is 1.69. The summed E-state index contributed by atoms with van der Waals surface area (Å²) in [5, 5.41) is 0. The van der Waals surface area contributed by atoms with Crippen molar-refractivity contribution in [2.75, 3.05) is 13.1 Å². The second-order valence-electron chi connectivity index (χ2n) is 8.43. The molecule has 1 fully saturated rings. The first-order valence-corrected chi connectivity index (χ1v) is 10.9. The fourth-order valence-electron chi connectivity index (χ4n) is 4.38. The number of carbonyl (C=O) groups excluding carboxylic acids is 1. The number of amides is 1. The summed E-state index contributed by atoms with van der Waals surface area (Å²) in [4.78, 5) is 14.4. The summed E-state index contributed by atoms with van der Waals surface area (Å²) in [6, 6.07) is 13.2. The molecule has 0 radical (unpaired) electrons. The van der Waals surface area contributed by atoms with Gasteiger partial charge in [-0.3, -0.25) is 0 Å². The second kappa shape index (κ2) is 6.63. The lowest BCUT2D eigenvalue weighted by Gasteiger charge is -2.41. The van der Waals surface area contributed by atoms with Gasteiger partial charge < -0.3 is 9.64 Å². The van der Waals surface area contributed by atoms with Crippen molar-refractivity contribution in [1.29, 1.82) is 0 Å². The van der Waals surface area contributed by atoms with Crippen LogP contribution < -0.4 is 0 Å². The van der Waals surface area contributed by atoms with Gasteiger partial charge in [0.15, 0.2) is 0 Å². The molecule has 0 saturated carbocycles. The van der Waals surface area contributed by atoms with Gasteiger partial charge in [-0.25, -0.2) is 4.79 Å². The largest absolute Gasteiger partial charge is 0.444 e. The number of benzene rings is 2. The number of likely N-dealkylation sites (tertiary alicyclic amines) is 1. The lowest BCUT2D eigenvalue weighted by Crippen LogP contribution is -2.46. The Bertz CT molecular complexity index is 856. The molecule has 27 heavy (non-hydrogen) atoms. The zero-order valence-electron chi connectivity index (χ0n) is 15.8.